The minimum absolute atomic E-state index is 0.0507. The van der Waals surface area contributed by atoms with E-state index in [1.807, 2.05) is 18.2 Å². The van der Waals surface area contributed by atoms with Gasteiger partial charge in [0.1, 0.15) is 11.2 Å². The highest BCUT2D eigenvalue weighted by atomic mass is 16.3. The van der Waals surface area contributed by atoms with Crippen LogP contribution >= 0.6 is 0 Å². The van der Waals surface area contributed by atoms with Crippen molar-refractivity contribution in [3.05, 3.63) is 211 Å². The van der Waals surface area contributed by atoms with Crippen LogP contribution in [0.25, 0.3) is 78.1 Å². The Bertz CT molecular complexity index is 3340. The van der Waals surface area contributed by atoms with Gasteiger partial charge in [-0.25, -0.2) is 9.97 Å². The second-order valence-corrected chi connectivity index (χ2v) is 19.1. The number of nitrogens with zero attached hydrogens (tertiary/aromatic N) is 3. The number of hydrogen-bond acceptors (Lipinski definition) is 4. The number of furan rings is 1. The molecule has 0 saturated heterocycles. The molecule has 2 heterocycles. The van der Waals surface area contributed by atoms with E-state index in [0.29, 0.717) is 5.82 Å². The van der Waals surface area contributed by atoms with E-state index in [0.717, 1.165) is 83.8 Å². The third kappa shape index (κ3) is 6.66. The van der Waals surface area contributed by atoms with Crippen molar-refractivity contribution >= 4 is 39.0 Å². The van der Waals surface area contributed by atoms with Crippen molar-refractivity contribution in [3.63, 3.8) is 0 Å². The number of benzene rings is 8. The Morgan fingerprint density at radius 1 is 0.385 bits per heavy atom. The first-order valence-corrected chi connectivity index (χ1v) is 22.6. The van der Waals surface area contributed by atoms with Gasteiger partial charge in [-0.2, -0.15) is 0 Å². The molecule has 0 radical (unpaired) electrons. The van der Waals surface area contributed by atoms with E-state index in [1.54, 1.807) is 0 Å². The van der Waals surface area contributed by atoms with Crippen LogP contribution in [0.4, 0.5) is 17.1 Å². The first-order chi connectivity index (χ1) is 31.5. The third-order valence-electron chi connectivity index (χ3n) is 15.0. The minimum atomic E-state index is -0.138. The highest BCUT2D eigenvalue weighted by molar-refractivity contribution is 6.06. The maximum absolute atomic E-state index is 6.59. The molecule has 65 heavy (non-hydrogen) atoms. The number of para-hydroxylation sites is 1. The molecule has 4 nitrogen and oxygen atoms in total. The average Bonchev–Trinajstić information content (AvgIpc) is 3.76. The Hall–Kier alpha value is -7.56. The molecule has 0 bridgehead atoms. The monoisotopic (exact) mass is 841 g/mol. The average molecular weight is 842 g/mol. The Labute approximate surface area is 381 Å². The van der Waals surface area contributed by atoms with Gasteiger partial charge in [0.15, 0.2) is 5.82 Å². The number of fused-ring (bicyclic) bond motifs is 4. The molecule has 0 atom stereocenters. The molecule has 0 saturated carbocycles. The van der Waals surface area contributed by atoms with Gasteiger partial charge in [-0.1, -0.05) is 181 Å². The van der Waals surface area contributed by atoms with E-state index in [9.17, 15) is 0 Å². The van der Waals surface area contributed by atoms with Crippen LogP contribution in [0.2, 0.25) is 0 Å². The van der Waals surface area contributed by atoms with Crippen LogP contribution in [-0.2, 0) is 10.8 Å². The van der Waals surface area contributed by atoms with Gasteiger partial charge in [0.2, 0.25) is 0 Å². The summed E-state index contributed by atoms with van der Waals surface area (Å²) in [7, 11) is 0. The highest BCUT2D eigenvalue weighted by Crippen LogP contribution is 2.63. The normalized spacial score (nSPS) is 14.7. The molecular weight excluding hydrogens is 791 g/mol. The second kappa shape index (κ2) is 15.3. The van der Waals surface area contributed by atoms with Gasteiger partial charge in [0.25, 0.3) is 0 Å². The lowest BCUT2D eigenvalue weighted by atomic mass is 9.59. The molecule has 0 aliphatic heterocycles. The minimum Gasteiger partial charge on any atom is -0.456 e. The molecular formula is C61H51N3O. The van der Waals surface area contributed by atoms with Crippen molar-refractivity contribution in [2.45, 2.75) is 52.4 Å². The standard InChI is InChI=1S/C61H51N3O/c1-59(2)51-37-50(44-27-18-28-45(34-44)58-62-53(41-22-12-8-13-23-41)39-54(63-58)42-24-14-9-15-25-42)55(38-52(51)60(3,4)61(59,5)6)64(46-29-19-26-43(35-46)40-20-10-7-11-21-40)47-32-33-49-48-30-16-17-31-56(48)65-57(49)36-47/h7-39H,1-6H3. The molecule has 0 fully saturated rings. The first kappa shape index (κ1) is 40.2. The van der Waals surface area contributed by atoms with Crippen LogP contribution in [0.3, 0.4) is 0 Å². The van der Waals surface area contributed by atoms with E-state index in [4.69, 9.17) is 14.4 Å². The SMILES string of the molecule is CC1(C)c2cc(-c3cccc(-c4nc(-c5ccccc5)cc(-c5ccccc5)n4)c3)c(N(c3cccc(-c4ccccc4)c3)c3ccc4c(c3)oc3ccccc34)cc2C(C)(C)C1(C)C. The molecule has 316 valence electrons. The molecule has 0 amide bonds. The van der Waals surface area contributed by atoms with Crippen LogP contribution in [0, 0.1) is 5.41 Å². The first-order valence-electron chi connectivity index (χ1n) is 22.6. The quantitative estimate of drug-likeness (QED) is 0.153. The van der Waals surface area contributed by atoms with Crippen molar-refractivity contribution in [3.8, 4) is 56.2 Å². The van der Waals surface area contributed by atoms with Crippen LogP contribution in [0.1, 0.15) is 52.7 Å². The Kier molecular flexibility index (Phi) is 9.48. The fourth-order valence-electron chi connectivity index (χ4n) is 10.1. The van der Waals surface area contributed by atoms with Gasteiger partial charge >= 0.3 is 0 Å². The Morgan fingerprint density at radius 2 is 0.908 bits per heavy atom. The number of hydrogen-bond donors (Lipinski definition) is 0. The van der Waals surface area contributed by atoms with E-state index < -0.39 is 0 Å². The Morgan fingerprint density at radius 3 is 1.58 bits per heavy atom. The largest absolute Gasteiger partial charge is 0.456 e. The molecule has 0 spiro atoms. The number of aromatic nitrogens is 2. The second-order valence-electron chi connectivity index (χ2n) is 19.1. The highest BCUT2D eigenvalue weighted by Gasteiger charge is 2.57. The summed E-state index contributed by atoms with van der Waals surface area (Å²) < 4.78 is 6.59. The van der Waals surface area contributed by atoms with Crippen LogP contribution < -0.4 is 4.90 Å². The fraction of sp³-hybridized carbons (Fsp3) is 0.148. The van der Waals surface area contributed by atoms with Gasteiger partial charge < -0.3 is 9.32 Å². The zero-order chi connectivity index (χ0) is 44.5. The predicted molar refractivity (Wildman–Crippen MR) is 271 cm³/mol. The molecule has 4 heteroatoms. The summed E-state index contributed by atoms with van der Waals surface area (Å²) in [5.41, 5.74) is 16.7. The van der Waals surface area contributed by atoms with E-state index in [1.165, 1.54) is 16.7 Å². The smallest absolute Gasteiger partial charge is 0.160 e. The van der Waals surface area contributed by atoms with Crippen LogP contribution in [0.5, 0.6) is 0 Å². The third-order valence-corrected chi connectivity index (χ3v) is 15.0. The molecule has 0 unspecified atom stereocenters. The van der Waals surface area contributed by atoms with Crippen molar-refractivity contribution in [1.82, 2.24) is 9.97 Å². The molecule has 1 aliphatic rings. The summed E-state index contributed by atoms with van der Waals surface area (Å²) >= 11 is 0. The van der Waals surface area contributed by atoms with Gasteiger partial charge in [-0.3, -0.25) is 0 Å². The van der Waals surface area contributed by atoms with Gasteiger partial charge in [-0.15, -0.1) is 0 Å². The van der Waals surface area contributed by atoms with Crippen LogP contribution in [-0.4, -0.2) is 9.97 Å². The van der Waals surface area contributed by atoms with Crippen LogP contribution in [0.15, 0.2) is 205 Å². The summed E-state index contributed by atoms with van der Waals surface area (Å²) in [6.07, 6.45) is 0. The molecule has 10 aromatic rings. The van der Waals surface area contributed by atoms with Crippen molar-refractivity contribution in [2.75, 3.05) is 4.90 Å². The summed E-state index contributed by atoms with van der Waals surface area (Å²) in [5, 5.41) is 2.21. The number of rotatable bonds is 8. The molecule has 2 aromatic heterocycles. The zero-order valence-corrected chi connectivity index (χ0v) is 37.8. The predicted octanol–water partition coefficient (Wildman–Crippen LogP) is 16.8. The van der Waals surface area contributed by atoms with Crippen molar-refractivity contribution in [1.29, 1.82) is 0 Å². The summed E-state index contributed by atoms with van der Waals surface area (Å²) in [4.78, 5) is 13.0. The van der Waals surface area contributed by atoms with Crippen molar-refractivity contribution in [2.24, 2.45) is 5.41 Å². The van der Waals surface area contributed by atoms with E-state index in [-0.39, 0.29) is 16.2 Å². The molecule has 0 N–H and O–H groups in total. The summed E-state index contributed by atoms with van der Waals surface area (Å²) in [6.45, 7) is 14.6. The summed E-state index contributed by atoms with van der Waals surface area (Å²) in [5.74, 6) is 0.681. The Balaban J connectivity index is 1.17. The lowest BCUT2D eigenvalue weighted by molar-refractivity contribution is 0.125. The topological polar surface area (TPSA) is 42.2 Å². The fourth-order valence-corrected chi connectivity index (χ4v) is 10.1. The molecule has 8 aromatic carbocycles. The maximum Gasteiger partial charge on any atom is 0.160 e. The number of anilines is 3. The maximum atomic E-state index is 6.59. The lowest BCUT2D eigenvalue weighted by Gasteiger charge is -2.44. The molecule has 1 aliphatic carbocycles. The zero-order valence-electron chi connectivity index (χ0n) is 37.8. The van der Waals surface area contributed by atoms with Crippen molar-refractivity contribution < 1.29 is 4.42 Å². The van der Waals surface area contributed by atoms with E-state index in [2.05, 4.69) is 228 Å². The van der Waals surface area contributed by atoms with Gasteiger partial charge in [0.05, 0.1) is 17.1 Å². The lowest BCUT2D eigenvalue weighted by Crippen LogP contribution is -2.42. The van der Waals surface area contributed by atoms with Gasteiger partial charge in [-0.05, 0) is 98.7 Å². The van der Waals surface area contributed by atoms with E-state index >= 15 is 0 Å². The summed E-state index contributed by atoms with van der Waals surface area (Å²) in [6, 6.07) is 71.3. The molecule has 11 rings (SSSR count). The van der Waals surface area contributed by atoms with Gasteiger partial charge in [0, 0.05) is 50.5 Å².